The Morgan fingerprint density at radius 3 is 2.79 bits per heavy atom. The number of aryl methyl sites for hydroxylation is 1. The van der Waals surface area contributed by atoms with Crippen LogP contribution in [0.15, 0.2) is 58.1 Å². The summed E-state index contributed by atoms with van der Waals surface area (Å²) >= 11 is 3.12. The Bertz CT molecular complexity index is 1100. The van der Waals surface area contributed by atoms with Crippen LogP contribution in [0.5, 0.6) is 0 Å². The number of para-hydroxylation sites is 1. The number of ether oxygens (including phenoxy) is 1. The zero-order valence-corrected chi connectivity index (χ0v) is 16.1. The van der Waals surface area contributed by atoms with Crippen molar-refractivity contribution in [2.24, 2.45) is 0 Å². The second-order valence-electron chi connectivity index (χ2n) is 5.84. The van der Waals surface area contributed by atoms with Gasteiger partial charge in [0, 0.05) is 11.0 Å². The normalized spacial score (nSPS) is 10.6. The van der Waals surface area contributed by atoms with Crippen molar-refractivity contribution in [3.05, 3.63) is 69.4 Å². The average molecular weight is 448 g/mol. The number of benzene rings is 2. The van der Waals surface area contributed by atoms with Crippen LogP contribution in [0.4, 0.5) is 10.1 Å². The molecule has 0 atom stereocenters. The number of fused-ring (bicyclic) bond motifs is 1. The van der Waals surface area contributed by atoms with Gasteiger partial charge in [0.15, 0.2) is 6.61 Å². The Hall–Kier alpha value is -3.07. The molecular formula is C19H15BrFN3O4. The minimum Gasteiger partial charge on any atom is -0.456 e. The number of esters is 1. The second kappa shape index (κ2) is 8.75. The van der Waals surface area contributed by atoms with Crippen LogP contribution in [0, 0.1) is 5.82 Å². The molecule has 0 fully saturated rings. The first kappa shape index (κ1) is 19.7. The summed E-state index contributed by atoms with van der Waals surface area (Å²) in [5.41, 5.74) is 0.295. The standard InChI is InChI=1S/C19H15BrFN3O4/c20-12-5-6-16(14(21)9-12)23-17(25)10-28-18(26)7-8-24-11-22-15-4-2-1-3-13(15)19(24)27/h1-6,9,11H,7-8,10H2,(H,23,25). The molecule has 0 aliphatic carbocycles. The quantitative estimate of drug-likeness (QED) is 0.586. The maximum Gasteiger partial charge on any atom is 0.308 e. The van der Waals surface area contributed by atoms with E-state index in [1.165, 1.54) is 23.0 Å². The van der Waals surface area contributed by atoms with Gasteiger partial charge in [0.2, 0.25) is 0 Å². The van der Waals surface area contributed by atoms with Gasteiger partial charge in [-0.15, -0.1) is 0 Å². The first-order valence-corrected chi connectivity index (χ1v) is 9.08. The highest BCUT2D eigenvalue weighted by Gasteiger charge is 2.11. The van der Waals surface area contributed by atoms with Gasteiger partial charge in [-0.2, -0.15) is 0 Å². The Kier molecular flexibility index (Phi) is 6.15. The number of hydrogen-bond donors (Lipinski definition) is 1. The highest BCUT2D eigenvalue weighted by molar-refractivity contribution is 9.10. The fraction of sp³-hybridized carbons (Fsp3) is 0.158. The molecular weight excluding hydrogens is 433 g/mol. The maximum absolute atomic E-state index is 13.7. The molecule has 1 aromatic heterocycles. The van der Waals surface area contributed by atoms with E-state index in [1.807, 2.05) is 0 Å². The Morgan fingerprint density at radius 1 is 1.21 bits per heavy atom. The van der Waals surface area contributed by atoms with Gasteiger partial charge in [0.1, 0.15) is 5.82 Å². The van der Waals surface area contributed by atoms with E-state index in [0.29, 0.717) is 15.4 Å². The third kappa shape index (κ3) is 4.80. The molecule has 1 amide bonds. The fourth-order valence-corrected chi connectivity index (χ4v) is 2.81. The largest absolute Gasteiger partial charge is 0.456 e. The number of nitrogens with one attached hydrogen (secondary N) is 1. The molecule has 0 aliphatic rings. The molecule has 0 saturated carbocycles. The van der Waals surface area contributed by atoms with Crippen LogP contribution in [-0.2, 0) is 20.9 Å². The van der Waals surface area contributed by atoms with Crippen molar-refractivity contribution in [1.82, 2.24) is 9.55 Å². The van der Waals surface area contributed by atoms with Gasteiger partial charge in [0.05, 0.1) is 29.3 Å². The first-order chi connectivity index (χ1) is 13.4. The van der Waals surface area contributed by atoms with Crippen molar-refractivity contribution in [1.29, 1.82) is 0 Å². The molecule has 9 heteroatoms. The van der Waals surface area contributed by atoms with Gasteiger partial charge in [-0.05, 0) is 30.3 Å². The van der Waals surface area contributed by atoms with Gasteiger partial charge >= 0.3 is 5.97 Å². The van der Waals surface area contributed by atoms with Crippen LogP contribution in [0.3, 0.4) is 0 Å². The number of anilines is 1. The summed E-state index contributed by atoms with van der Waals surface area (Å²) in [7, 11) is 0. The van der Waals surface area contributed by atoms with E-state index < -0.39 is 24.3 Å². The molecule has 0 spiro atoms. The minimum atomic E-state index is -0.667. The summed E-state index contributed by atoms with van der Waals surface area (Å²) in [6.07, 6.45) is 1.25. The van der Waals surface area contributed by atoms with Crippen molar-refractivity contribution in [3.8, 4) is 0 Å². The van der Waals surface area contributed by atoms with Gasteiger partial charge < -0.3 is 10.1 Å². The third-order valence-corrected chi connectivity index (χ3v) is 4.35. The number of carbonyl (C=O) groups excluding carboxylic acids is 2. The summed E-state index contributed by atoms with van der Waals surface area (Å²) in [4.78, 5) is 40.1. The van der Waals surface area contributed by atoms with Gasteiger partial charge in [-0.3, -0.25) is 19.0 Å². The van der Waals surface area contributed by atoms with Gasteiger partial charge in [-0.25, -0.2) is 9.37 Å². The molecule has 0 radical (unpaired) electrons. The van der Waals surface area contributed by atoms with E-state index in [1.54, 1.807) is 30.3 Å². The number of halogens is 2. The lowest BCUT2D eigenvalue weighted by Gasteiger charge is -2.09. The average Bonchev–Trinajstić information content (AvgIpc) is 2.68. The minimum absolute atomic E-state index is 0.0157. The van der Waals surface area contributed by atoms with E-state index in [-0.39, 0.29) is 24.2 Å². The van der Waals surface area contributed by atoms with Crippen molar-refractivity contribution in [3.63, 3.8) is 0 Å². The second-order valence-corrected chi connectivity index (χ2v) is 6.76. The fourth-order valence-electron chi connectivity index (χ4n) is 2.47. The van der Waals surface area contributed by atoms with E-state index in [9.17, 15) is 18.8 Å². The summed E-state index contributed by atoms with van der Waals surface area (Å²) in [6.45, 7) is -0.488. The zero-order valence-electron chi connectivity index (χ0n) is 14.5. The van der Waals surface area contributed by atoms with Crippen molar-refractivity contribution >= 4 is 44.4 Å². The monoisotopic (exact) mass is 447 g/mol. The number of carbonyl (C=O) groups is 2. The van der Waals surface area contributed by atoms with Crippen molar-refractivity contribution in [2.75, 3.05) is 11.9 Å². The molecule has 0 unspecified atom stereocenters. The number of hydrogen-bond acceptors (Lipinski definition) is 5. The maximum atomic E-state index is 13.7. The number of nitrogens with zero attached hydrogens (tertiary/aromatic N) is 2. The van der Waals surface area contributed by atoms with Crippen LogP contribution in [-0.4, -0.2) is 28.0 Å². The molecule has 0 saturated heterocycles. The van der Waals surface area contributed by atoms with Gasteiger partial charge in [0.25, 0.3) is 11.5 Å². The third-order valence-electron chi connectivity index (χ3n) is 3.86. The highest BCUT2D eigenvalue weighted by atomic mass is 79.9. The van der Waals surface area contributed by atoms with Crippen LogP contribution in [0.25, 0.3) is 10.9 Å². The number of aromatic nitrogens is 2. The zero-order chi connectivity index (χ0) is 20.1. The van der Waals surface area contributed by atoms with E-state index in [2.05, 4.69) is 26.2 Å². The Morgan fingerprint density at radius 2 is 2.00 bits per heavy atom. The molecule has 0 bridgehead atoms. The molecule has 3 rings (SSSR count). The molecule has 3 aromatic rings. The van der Waals surface area contributed by atoms with E-state index in [4.69, 9.17) is 4.74 Å². The lowest BCUT2D eigenvalue weighted by atomic mass is 10.2. The molecule has 2 aromatic carbocycles. The SMILES string of the molecule is O=C(COC(=O)CCn1cnc2ccccc2c1=O)Nc1ccc(Br)cc1F. The van der Waals surface area contributed by atoms with Crippen LogP contribution >= 0.6 is 15.9 Å². The number of amides is 1. The highest BCUT2D eigenvalue weighted by Crippen LogP contribution is 2.19. The molecule has 144 valence electrons. The molecule has 1 heterocycles. The van der Waals surface area contributed by atoms with Crippen molar-refractivity contribution < 1.29 is 18.7 Å². The first-order valence-electron chi connectivity index (χ1n) is 8.29. The van der Waals surface area contributed by atoms with E-state index >= 15 is 0 Å². The predicted molar refractivity (Wildman–Crippen MR) is 104 cm³/mol. The topological polar surface area (TPSA) is 90.3 Å². The molecule has 1 N–H and O–H groups in total. The smallest absolute Gasteiger partial charge is 0.308 e. The van der Waals surface area contributed by atoms with Crippen LogP contribution < -0.4 is 10.9 Å². The van der Waals surface area contributed by atoms with Crippen molar-refractivity contribution in [2.45, 2.75) is 13.0 Å². The lowest BCUT2D eigenvalue weighted by Crippen LogP contribution is -2.24. The summed E-state index contributed by atoms with van der Waals surface area (Å²) in [5.74, 6) is -1.94. The lowest BCUT2D eigenvalue weighted by molar-refractivity contribution is -0.147. The predicted octanol–water partition coefficient (Wildman–Crippen LogP) is 2.87. The van der Waals surface area contributed by atoms with Crippen LogP contribution in [0.2, 0.25) is 0 Å². The summed E-state index contributed by atoms with van der Waals surface area (Å²) < 4.78 is 20.4. The Balaban J connectivity index is 1.51. The van der Waals surface area contributed by atoms with E-state index in [0.717, 1.165) is 0 Å². The summed E-state index contributed by atoms with van der Waals surface area (Å²) in [5, 5.41) is 2.77. The molecule has 28 heavy (non-hydrogen) atoms. The molecule has 7 nitrogen and oxygen atoms in total. The van der Waals surface area contributed by atoms with Gasteiger partial charge in [-0.1, -0.05) is 28.1 Å². The molecule has 0 aliphatic heterocycles. The Labute approximate surface area is 167 Å². The number of rotatable bonds is 6. The van der Waals surface area contributed by atoms with Crippen LogP contribution in [0.1, 0.15) is 6.42 Å². The summed E-state index contributed by atoms with van der Waals surface area (Å²) in [6, 6.07) is 11.1.